The molecule has 0 aliphatic rings. The Morgan fingerprint density at radius 2 is 0.814 bits per heavy atom. The van der Waals surface area contributed by atoms with E-state index in [1.165, 1.54) is 0 Å². The number of rotatable bonds is 16. The van der Waals surface area contributed by atoms with E-state index in [1.807, 2.05) is 0 Å². The molecule has 0 fully saturated rings. The molecule has 0 aromatic heterocycles. The van der Waals surface area contributed by atoms with Gasteiger partial charge < -0.3 is 17.1 Å². The predicted octanol–water partition coefficient (Wildman–Crippen LogP) is 9.53. The average molecular weight is 741 g/mol. The Balaban J connectivity index is 6.38. The van der Waals surface area contributed by atoms with Gasteiger partial charge in [-0.1, -0.05) is 0 Å². The number of alkyl halides is 16. The predicted molar refractivity (Wildman–Crippen MR) is 130 cm³/mol. The molecule has 0 saturated heterocycles. The van der Waals surface area contributed by atoms with Crippen molar-refractivity contribution >= 4 is 34.0 Å². The number of halogens is 16. The van der Waals surface area contributed by atoms with Crippen LogP contribution in [0.15, 0.2) is 0 Å². The van der Waals surface area contributed by atoms with Gasteiger partial charge in [-0.2, -0.15) is 70.2 Å². The summed E-state index contributed by atoms with van der Waals surface area (Å²) < 4.78 is 225. The van der Waals surface area contributed by atoms with E-state index >= 15 is 0 Å². The van der Waals surface area contributed by atoms with Gasteiger partial charge in [0.1, 0.15) is 0 Å². The van der Waals surface area contributed by atoms with Crippen LogP contribution in [0.5, 0.6) is 0 Å². The molecule has 0 aromatic carbocycles. The minimum Gasteiger partial charge on any atom is -0.436 e. The molecule has 0 amide bonds. The topological polar surface area (TPSA) is 47.9 Å². The first kappa shape index (κ1) is 42.6. The Hall–Kier alpha value is -0.412. The minimum absolute atomic E-state index is 0.776. The lowest BCUT2D eigenvalue weighted by Gasteiger charge is -2.44. The maximum absolute atomic E-state index is 13.9. The highest BCUT2D eigenvalue weighted by Gasteiger charge is 2.72. The van der Waals surface area contributed by atoms with Gasteiger partial charge in [-0.05, 0) is 56.9 Å². The number of hydrogen-bond acceptors (Lipinski definition) is 4. The van der Waals surface area contributed by atoms with Crippen LogP contribution in [0, 0.1) is 0 Å². The second-order valence-corrected chi connectivity index (χ2v) is 26.0. The molecule has 0 aliphatic carbocycles. The summed E-state index contributed by atoms with van der Waals surface area (Å²) in [6, 6.07) is -4.60. The smallest absolute Gasteiger partial charge is 0.436 e. The average Bonchev–Trinajstić information content (AvgIpc) is 2.71. The first-order valence-corrected chi connectivity index (χ1v) is 23.0. The van der Waals surface area contributed by atoms with E-state index in [-0.39, 0.29) is 0 Å². The highest BCUT2D eigenvalue weighted by Crippen LogP contribution is 2.49. The molecular weight excluding hydrogens is 709 g/mol. The van der Waals surface area contributed by atoms with Gasteiger partial charge in [0.15, 0.2) is 8.32 Å². The van der Waals surface area contributed by atoms with Crippen LogP contribution in [0.1, 0.15) is 25.7 Å². The molecule has 3 atom stereocenters. The van der Waals surface area contributed by atoms with Crippen molar-refractivity contribution in [2.24, 2.45) is 0 Å². The van der Waals surface area contributed by atoms with Crippen LogP contribution in [-0.4, -0.2) is 75.3 Å². The molecule has 0 radical (unpaired) electrons. The van der Waals surface area contributed by atoms with Crippen molar-refractivity contribution in [3.05, 3.63) is 0 Å². The van der Waals surface area contributed by atoms with Crippen LogP contribution < -0.4 is 0 Å². The third-order valence-electron chi connectivity index (χ3n) is 5.81. The Morgan fingerprint density at radius 3 is 1.16 bits per heavy atom. The largest absolute Gasteiger partial charge is 0.459 e. The Labute approximate surface area is 240 Å². The van der Waals surface area contributed by atoms with E-state index in [4.69, 9.17) is 12.3 Å². The lowest BCUT2D eigenvalue weighted by Crippen LogP contribution is -2.60. The maximum atomic E-state index is 13.9. The van der Waals surface area contributed by atoms with E-state index in [2.05, 4.69) is 0 Å². The lowest BCUT2D eigenvalue weighted by atomic mass is 10.1. The summed E-state index contributed by atoms with van der Waals surface area (Å²) in [5.74, 6) is -12.2. The molecule has 0 bridgehead atoms. The molecule has 0 saturated carbocycles. The van der Waals surface area contributed by atoms with Gasteiger partial charge in [0, 0.05) is 25.7 Å². The molecule has 24 heteroatoms. The van der Waals surface area contributed by atoms with Crippen LogP contribution in [0.25, 0.3) is 0 Å². The molecule has 1 N–H and O–H groups in total. The zero-order valence-corrected chi connectivity index (χ0v) is 27.4. The number of hydrogen-bond donors (Lipinski definition) is 1. The third kappa shape index (κ3) is 16.1. The zero-order chi connectivity index (χ0) is 34.8. The van der Waals surface area contributed by atoms with Crippen molar-refractivity contribution in [1.82, 2.24) is 0 Å². The van der Waals surface area contributed by atoms with Gasteiger partial charge in [0.05, 0.1) is 0 Å². The van der Waals surface area contributed by atoms with Crippen molar-refractivity contribution in [3.63, 3.8) is 0 Å². The monoisotopic (exact) mass is 740 g/mol. The molecule has 0 heterocycles. The van der Waals surface area contributed by atoms with Gasteiger partial charge >= 0.3 is 62.2 Å². The van der Waals surface area contributed by atoms with Crippen molar-refractivity contribution in [2.75, 3.05) is 0 Å². The van der Waals surface area contributed by atoms with Gasteiger partial charge in [-0.15, -0.1) is 0 Å². The molecule has 4 nitrogen and oxygen atoms in total. The fourth-order valence-corrected chi connectivity index (χ4v) is 22.5. The highest BCUT2D eigenvalue weighted by molar-refractivity contribution is 6.89. The molecular formula is C19H32F16O4Si4. The van der Waals surface area contributed by atoms with Crippen molar-refractivity contribution in [1.29, 1.82) is 0 Å². The van der Waals surface area contributed by atoms with E-state index < -0.39 is 120 Å². The maximum Gasteiger partial charge on any atom is 0.459 e. The molecule has 0 aliphatic heterocycles. The standard InChI is InChI=1S/C19H32F16O4Si4/c1-40(2,10-6-14(20,21)18(31,32)19(33,34)35)37-42(4,12-8-16(25,26)27)39-43(5,13-9-17(28,29)30)38-41(3,36)11-7-15(22,23)24/h36H,6-13H2,1-5H3. The van der Waals surface area contributed by atoms with Crippen LogP contribution >= 0.6 is 0 Å². The summed E-state index contributed by atoms with van der Waals surface area (Å²) in [6.07, 6.45) is -28.6. The van der Waals surface area contributed by atoms with Gasteiger partial charge in [-0.3, -0.25) is 0 Å². The Bertz CT molecular complexity index is 892. The van der Waals surface area contributed by atoms with Gasteiger partial charge in [0.2, 0.25) is 0 Å². The first-order chi connectivity index (χ1) is 18.4. The molecule has 260 valence electrons. The van der Waals surface area contributed by atoms with Crippen molar-refractivity contribution in [2.45, 2.75) is 119 Å². The summed E-state index contributed by atoms with van der Waals surface area (Å²) >= 11 is 0. The van der Waals surface area contributed by atoms with Crippen molar-refractivity contribution in [3.8, 4) is 0 Å². The van der Waals surface area contributed by atoms with E-state index in [1.54, 1.807) is 0 Å². The van der Waals surface area contributed by atoms with Crippen LogP contribution in [0.4, 0.5) is 70.2 Å². The van der Waals surface area contributed by atoms with E-state index in [9.17, 15) is 75.0 Å². The Kier molecular flexibility index (Phi) is 13.6. The van der Waals surface area contributed by atoms with E-state index in [0.717, 1.165) is 32.7 Å². The highest BCUT2D eigenvalue weighted by atomic mass is 28.5. The van der Waals surface area contributed by atoms with E-state index in [0.29, 0.717) is 0 Å². The second kappa shape index (κ2) is 13.7. The second-order valence-electron chi connectivity index (χ2n) is 11.1. The first-order valence-electron chi connectivity index (χ1n) is 12.3. The van der Waals surface area contributed by atoms with Crippen LogP contribution in [-0.2, 0) is 12.3 Å². The van der Waals surface area contributed by atoms with Crippen molar-refractivity contribution < 1.29 is 87.4 Å². The minimum atomic E-state index is -6.65. The van der Waals surface area contributed by atoms with Crippen LogP contribution in [0.2, 0.25) is 56.9 Å². The summed E-state index contributed by atoms with van der Waals surface area (Å²) in [5, 5.41) is 0. The molecule has 0 aromatic rings. The summed E-state index contributed by atoms with van der Waals surface area (Å²) in [5.41, 5.74) is 0. The molecule has 0 spiro atoms. The Morgan fingerprint density at radius 1 is 0.465 bits per heavy atom. The lowest BCUT2D eigenvalue weighted by molar-refractivity contribution is -0.354. The summed E-state index contributed by atoms with van der Waals surface area (Å²) in [4.78, 5) is 10.5. The van der Waals surface area contributed by atoms with Gasteiger partial charge in [0.25, 0.3) is 0 Å². The summed E-state index contributed by atoms with van der Waals surface area (Å²) in [6.45, 7) is 4.35. The fourth-order valence-electron chi connectivity index (χ4n) is 3.79. The molecule has 43 heavy (non-hydrogen) atoms. The molecule has 0 rings (SSSR count). The third-order valence-corrected chi connectivity index (χ3v) is 21.6. The SMILES string of the molecule is C[Si](C)(CCC(F)(F)C(F)(F)C(F)(F)F)O[Si](C)(CCC(F)(F)F)O[Si](C)(CCC(F)(F)F)O[Si](C)(O)CCC(F)(F)F. The zero-order valence-electron chi connectivity index (χ0n) is 23.4. The van der Waals surface area contributed by atoms with Crippen LogP contribution in [0.3, 0.4) is 0 Å². The fraction of sp³-hybridized carbons (Fsp3) is 1.00. The van der Waals surface area contributed by atoms with Gasteiger partial charge in [-0.25, -0.2) is 0 Å². The normalized spacial score (nSPS) is 19.1. The quantitative estimate of drug-likeness (QED) is 0.127. The molecule has 3 unspecified atom stereocenters. The summed E-state index contributed by atoms with van der Waals surface area (Å²) in [7, 11) is -17.8.